The van der Waals surface area contributed by atoms with E-state index in [1.165, 1.54) is 0 Å². The second-order valence-corrected chi connectivity index (χ2v) is 0.874. The fourth-order valence-corrected chi connectivity index (χ4v) is 0. The number of nitrogens with two attached hydrogens (primary N) is 2. The third-order valence-electron chi connectivity index (χ3n) is 0. The average Bonchev–Trinajstić information content (AvgIpc) is 0.811. The van der Waals surface area contributed by atoms with E-state index in [1.54, 1.807) is 0 Å². The van der Waals surface area contributed by atoms with Crippen molar-refractivity contribution in [3.63, 3.8) is 0 Å². The summed E-state index contributed by atoms with van der Waals surface area (Å²) in [5.74, 6) is 0. The molecule has 5 heavy (non-hydrogen) atoms. The smallest absolute Gasteiger partial charge is 0.377 e. The predicted octanol–water partition coefficient (Wildman–Crippen LogP) is -3.81. The molecule has 0 spiro atoms. The second-order valence-electron chi connectivity index (χ2n) is 0.402. The summed E-state index contributed by atoms with van der Waals surface area (Å²) < 4.78 is 0. The maximum absolute atomic E-state index is 4.62. The Hall–Kier alpha value is 1.33. The Morgan fingerprint density at radius 3 is 1.40 bits per heavy atom. The van der Waals surface area contributed by atoms with Crippen molar-refractivity contribution >= 4 is 17.3 Å². The van der Waals surface area contributed by atoms with Gasteiger partial charge in [0.15, 0.2) is 5.11 Å². The van der Waals surface area contributed by atoms with Crippen molar-refractivity contribution in [3.8, 4) is 0 Å². The van der Waals surface area contributed by atoms with Gasteiger partial charge in [-0.25, -0.2) is 0 Å². The number of rotatable bonds is 0. The normalized spacial score (nSPS) is 4.80. The topological polar surface area (TPSA) is 52.0 Å². The van der Waals surface area contributed by atoms with Gasteiger partial charge in [0.2, 0.25) is 0 Å². The van der Waals surface area contributed by atoms with Crippen molar-refractivity contribution in [1.29, 1.82) is 0 Å². The Morgan fingerprint density at radius 1 is 1.40 bits per heavy atom. The fourth-order valence-electron chi connectivity index (χ4n) is 0. The van der Waals surface area contributed by atoms with Gasteiger partial charge in [0, 0.05) is 0 Å². The van der Waals surface area contributed by atoms with E-state index in [4.69, 9.17) is 0 Å². The van der Waals surface area contributed by atoms with E-state index in [9.17, 15) is 0 Å². The molecule has 0 aromatic carbocycles. The van der Waals surface area contributed by atoms with Gasteiger partial charge in [0.1, 0.15) is 0 Å². The standard InChI is InChI=1S/CH4N2S.K/c2-1(3)4;/h(H4,2,3,4);/q;+1. The van der Waals surface area contributed by atoms with E-state index in [-0.39, 0.29) is 56.5 Å². The van der Waals surface area contributed by atoms with Gasteiger partial charge < -0.3 is 11.5 Å². The van der Waals surface area contributed by atoms with Crippen molar-refractivity contribution in [2.24, 2.45) is 11.5 Å². The first-order chi connectivity index (χ1) is 1.73. The van der Waals surface area contributed by atoms with Crippen LogP contribution >= 0.6 is 12.2 Å². The summed E-state index contributed by atoms with van der Waals surface area (Å²) in [5.41, 5.74) is 9.24. The van der Waals surface area contributed by atoms with E-state index in [2.05, 4.69) is 23.7 Å². The molecular weight excluding hydrogens is 111 g/mol. The molecule has 0 atom stereocenters. The fraction of sp³-hybridized carbons (Fsp3) is 0. The van der Waals surface area contributed by atoms with Gasteiger partial charge in [-0.1, -0.05) is 0 Å². The molecule has 0 saturated carbocycles. The first-order valence-electron chi connectivity index (χ1n) is 0.781. The number of hydrogen-bond donors (Lipinski definition) is 2. The largest absolute Gasteiger partial charge is 1.00 e. The first kappa shape index (κ1) is 9.59. The minimum atomic E-state index is 0. The van der Waals surface area contributed by atoms with Crippen LogP contribution in [0.2, 0.25) is 0 Å². The first-order valence-corrected chi connectivity index (χ1v) is 1.19. The zero-order valence-corrected chi connectivity index (χ0v) is 7.00. The van der Waals surface area contributed by atoms with Crippen molar-refractivity contribution in [2.75, 3.05) is 0 Å². The van der Waals surface area contributed by atoms with E-state index in [0.717, 1.165) is 0 Å². The zero-order chi connectivity index (χ0) is 3.58. The van der Waals surface area contributed by atoms with Crippen LogP contribution in [0.15, 0.2) is 0 Å². The molecule has 0 aliphatic carbocycles. The summed E-state index contributed by atoms with van der Waals surface area (Å²) in [7, 11) is 0. The summed E-state index contributed by atoms with van der Waals surface area (Å²) in [6.07, 6.45) is 0. The quantitative estimate of drug-likeness (QED) is 0.251. The summed E-state index contributed by atoms with van der Waals surface area (Å²) in [6.45, 7) is 0. The van der Waals surface area contributed by atoms with Crippen LogP contribution in [0.25, 0.3) is 0 Å². The Bertz CT molecular complexity index is 32.6. The van der Waals surface area contributed by atoms with Crippen molar-refractivity contribution in [2.45, 2.75) is 0 Å². The molecule has 0 heterocycles. The van der Waals surface area contributed by atoms with E-state index < -0.39 is 0 Å². The van der Waals surface area contributed by atoms with Crippen LogP contribution in [-0.2, 0) is 0 Å². The SMILES string of the molecule is NC(N)=S.[K+]. The van der Waals surface area contributed by atoms with Crippen LogP contribution in [0.5, 0.6) is 0 Å². The van der Waals surface area contributed by atoms with Crippen LogP contribution in [0.1, 0.15) is 0 Å². The summed E-state index contributed by atoms with van der Waals surface area (Å²) in [5, 5.41) is 0.000000000000000222. The third-order valence-corrected chi connectivity index (χ3v) is 0. The van der Waals surface area contributed by atoms with Gasteiger partial charge in [0.05, 0.1) is 0 Å². The zero-order valence-electron chi connectivity index (χ0n) is 3.06. The van der Waals surface area contributed by atoms with Crippen LogP contribution in [-0.4, -0.2) is 5.11 Å². The summed E-state index contributed by atoms with van der Waals surface area (Å²) >= 11 is 4.09. The van der Waals surface area contributed by atoms with Gasteiger partial charge in [-0.3, -0.25) is 0 Å². The molecule has 0 fully saturated rings. The van der Waals surface area contributed by atoms with E-state index in [0.29, 0.717) is 0 Å². The number of hydrogen-bond acceptors (Lipinski definition) is 1. The maximum atomic E-state index is 4.62. The maximum Gasteiger partial charge on any atom is 1.00 e. The monoisotopic (exact) mass is 115 g/mol. The molecule has 2 nitrogen and oxygen atoms in total. The van der Waals surface area contributed by atoms with Crippen LogP contribution in [0.3, 0.4) is 0 Å². The van der Waals surface area contributed by atoms with Crippen LogP contribution in [0, 0.1) is 0 Å². The molecule has 0 aromatic rings. The van der Waals surface area contributed by atoms with E-state index in [1.807, 2.05) is 0 Å². The van der Waals surface area contributed by atoms with Crippen molar-refractivity contribution in [3.05, 3.63) is 0 Å². The van der Waals surface area contributed by atoms with Crippen molar-refractivity contribution < 1.29 is 51.4 Å². The Labute approximate surface area is 78.7 Å². The molecule has 0 aliphatic rings. The van der Waals surface area contributed by atoms with Crippen LogP contribution in [0.4, 0.5) is 0 Å². The second kappa shape index (κ2) is 5.33. The molecule has 0 radical (unpaired) electrons. The minimum Gasteiger partial charge on any atom is -0.377 e. The molecule has 0 rings (SSSR count). The molecule has 0 aliphatic heterocycles. The number of thiocarbonyl (C=S) groups is 1. The molecule has 0 amide bonds. The molecular formula is CH4KN2S+. The van der Waals surface area contributed by atoms with E-state index >= 15 is 0 Å². The van der Waals surface area contributed by atoms with Gasteiger partial charge >= 0.3 is 51.4 Å². The predicted molar refractivity (Wildman–Crippen MR) is 21.0 cm³/mol. The Morgan fingerprint density at radius 2 is 1.40 bits per heavy atom. The molecule has 4 N–H and O–H groups in total. The van der Waals surface area contributed by atoms with Gasteiger partial charge in [-0.2, -0.15) is 0 Å². The molecule has 0 aromatic heterocycles. The summed E-state index contributed by atoms with van der Waals surface area (Å²) in [6, 6.07) is 0. The molecule has 0 bridgehead atoms. The summed E-state index contributed by atoms with van der Waals surface area (Å²) in [4.78, 5) is 0. The van der Waals surface area contributed by atoms with Crippen LogP contribution < -0.4 is 62.9 Å². The van der Waals surface area contributed by atoms with Gasteiger partial charge in [0.25, 0.3) is 0 Å². The molecule has 0 unspecified atom stereocenters. The van der Waals surface area contributed by atoms with Crippen molar-refractivity contribution in [1.82, 2.24) is 0 Å². The molecule has 4 heteroatoms. The van der Waals surface area contributed by atoms with Gasteiger partial charge in [-0.05, 0) is 12.2 Å². The van der Waals surface area contributed by atoms with Gasteiger partial charge in [-0.15, -0.1) is 0 Å². The average molecular weight is 115 g/mol. The Kier molecular flexibility index (Phi) is 10.2. The minimum absolute atomic E-state index is 0. The third kappa shape index (κ3) is 33.5. The molecule has 0 saturated heterocycles. The molecule has 24 valence electrons. The Balaban J connectivity index is 0.